The lowest BCUT2D eigenvalue weighted by Gasteiger charge is -2.22. The van der Waals surface area contributed by atoms with E-state index < -0.39 is 14.7 Å². The van der Waals surface area contributed by atoms with Crippen LogP contribution in [-0.2, 0) is 33.8 Å². The van der Waals surface area contributed by atoms with Crippen molar-refractivity contribution in [3.63, 3.8) is 0 Å². The summed E-state index contributed by atoms with van der Waals surface area (Å²) in [5, 5.41) is 0. The second-order valence-corrected chi connectivity index (χ2v) is 16.7. The fourth-order valence-corrected chi connectivity index (χ4v) is 9.64. The largest absolute Gasteiger partial charge is 0.442 e. The highest BCUT2D eigenvalue weighted by molar-refractivity contribution is 7.58. The standard InChI is InChI=1S/C38H40O4P2/c1-29-5-13-33(14-6-29)25-43(39,26-34-15-7-30(2)8-16-34)41-37-21-23-38(24-22-37)42-44(40,27-35-17-9-31(3)10-18-35)28-36-19-11-32(4)12-20-36/h5-24H,25-28H2,1-4H3. The van der Waals surface area contributed by atoms with Gasteiger partial charge in [-0.2, -0.15) is 0 Å². The molecule has 0 radical (unpaired) electrons. The molecule has 0 heterocycles. The minimum absolute atomic E-state index is 0.321. The van der Waals surface area contributed by atoms with E-state index in [4.69, 9.17) is 9.05 Å². The minimum atomic E-state index is -3.17. The molecule has 0 atom stereocenters. The van der Waals surface area contributed by atoms with E-state index in [2.05, 4.69) is 0 Å². The number of hydrogen-bond donors (Lipinski definition) is 0. The molecule has 0 aliphatic heterocycles. The normalized spacial score (nSPS) is 11.7. The predicted octanol–water partition coefficient (Wildman–Crippen LogP) is 11.0. The highest BCUT2D eigenvalue weighted by atomic mass is 31.2. The Morgan fingerprint density at radius 1 is 0.364 bits per heavy atom. The van der Waals surface area contributed by atoms with Gasteiger partial charge in [-0.25, -0.2) is 0 Å². The third-order valence-electron chi connectivity index (χ3n) is 7.54. The topological polar surface area (TPSA) is 52.6 Å². The van der Waals surface area contributed by atoms with Crippen LogP contribution in [0.5, 0.6) is 11.5 Å². The van der Waals surface area contributed by atoms with E-state index in [0.29, 0.717) is 36.1 Å². The molecule has 6 heteroatoms. The highest BCUT2D eigenvalue weighted by Crippen LogP contribution is 2.55. The Hall–Kier alpha value is -3.84. The molecule has 0 bridgehead atoms. The van der Waals surface area contributed by atoms with Gasteiger partial charge >= 0.3 is 0 Å². The van der Waals surface area contributed by atoms with Crippen molar-refractivity contribution >= 4 is 14.7 Å². The first kappa shape index (κ1) is 31.6. The van der Waals surface area contributed by atoms with Gasteiger partial charge in [0.15, 0.2) is 0 Å². The van der Waals surface area contributed by atoms with Crippen LogP contribution < -0.4 is 9.05 Å². The summed E-state index contributed by atoms with van der Waals surface area (Å²) in [7, 11) is -6.33. The molecule has 5 aromatic rings. The van der Waals surface area contributed by atoms with Crippen LogP contribution in [0.25, 0.3) is 0 Å². The second-order valence-electron chi connectivity index (χ2n) is 11.9. The van der Waals surface area contributed by atoms with Gasteiger partial charge in [-0.1, -0.05) is 119 Å². The van der Waals surface area contributed by atoms with E-state index in [-0.39, 0.29) is 0 Å². The van der Waals surface area contributed by atoms with E-state index in [1.807, 2.05) is 125 Å². The van der Waals surface area contributed by atoms with Crippen LogP contribution >= 0.6 is 14.7 Å². The molecule has 5 aromatic carbocycles. The molecule has 0 unspecified atom stereocenters. The molecule has 0 saturated heterocycles. The molecule has 0 N–H and O–H groups in total. The van der Waals surface area contributed by atoms with E-state index in [1.54, 1.807) is 24.3 Å². The molecule has 0 spiro atoms. The molecule has 0 aliphatic rings. The van der Waals surface area contributed by atoms with Crippen LogP contribution in [0.1, 0.15) is 44.5 Å². The SMILES string of the molecule is Cc1ccc(CP(=O)(Cc2ccc(C)cc2)Oc2ccc(OP(=O)(Cc3ccc(C)cc3)Cc3ccc(C)cc3)cc2)cc1. The average molecular weight is 623 g/mol. The number of hydrogen-bond acceptors (Lipinski definition) is 4. The third-order valence-corrected chi connectivity index (χ3v) is 12.0. The summed E-state index contributed by atoms with van der Waals surface area (Å²) in [5.41, 5.74) is 8.50. The van der Waals surface area contributed by atoms with Gasteiger partial charge in [-0.15, -0.1) is 0 Å². The summed E-state index contributed by atoms with van der Waals surface area (Å²) in [4.78, 5) is 0. The number of benzene rings is 5. The Morgan fingerprint density at radius 2 is 0.568 bits per heavy atom. The van der Waals surface area contributed by atoms with Crippen LogP contribution in [0, 0.1) is 27.7 Å². The molecule has 44 heavy (non-hydrogen) atoms. The maximum atomic E-state index is 14.4. The van der Waals surface area contributed by atoms with Crippen LogP contribution in [0.4, 0.5) is 0 Å². The first-order chi connectivity index (χ1) is 21.0. The number of aryl methyl sites for hydroxylation is 4. The summed E-state index contributed by atoms with van der Waals surface area (Å²) in [5.74, 6) is 0.985. The van der Waals surface area contributed by atoms with Crippen molar-refractivity contribution in [3.05, 3.63) is 166 Å². The Balaban J connectivity index is 1.37. The minimum Gasteiger partial charge on any atom is -0.442 e. The smallest absolute Gasteiger partial charge is 0.256 e. The highest BCUT2D eigenvalue weighted by Gasteiger charge is 2.28. The fraction of sp³-hybridized carbons (Fsp3) is 0.211. The summed E-state index contributed by atoms with van der Waals surface area (Å²) >= 11 is 0. The maximum absolute atomic E-state index is 14.4. The fourth-order valence-electron chi connectivity index (χ4n) is 5.07. The lowest BCUT2D eigenvalue weighted by Crippen LogP contribution is -2.02. The summed E-state index contributed by atoms with van der Waals surface area (Å²) in [6, 6.07) is 39.4. The van der Waals surface area contributed by atoms with Crippen molar-refractivity contribution in [2.75, 3.05) is 0 Å². The quantitative estimate of drug-likeness (QED) is 0.130. The molecule has 4 nitrogen and oxygen atoms in total. The first-order valence-electron chi connectivity index (χ1n) is 14.9. The van der Waals surface area contributed by atoms with Gasteiger partial charge < -0.3 is 9.05 Å². The van der Waals surface area contributed by atoms with Crippen molar-refractivity contribution in [2.24, 2.45) is 0 Å². The van der Waals surface area contributed by atoms with Crippen molar-refractivity contribution in [1.29, 1.82) is 0 Å². The molecule has 0 aromatic heterocycles. The third kappa shape index (κ3) is 9.08. The molecular formula is C38H40O4P2. The molecule has 5 rings (SSSR count). The molecule has 226 valence electrons. The van der Waals surface area contributed by atoms with Crippen molar-refractivity contribution in [2.45, 2.75) is 52.3 Å². The lowest BCUT2D eigenvalue weighted by atomic mass is 10.2. The van der Waals surface area contributed by atoms with Crippen LogP contribution in [-0.4, -0.2) is 0 Å². The zero-order valence-electron chi connectivity index (χ0n) is 25.9. The maximum Gasteiger partial charge on any atom is 0.256 e. The Labute approximate surface area is 262 Å². The first-order valence-corrected chi connectivity index (χ1v) is 18.9. The van der Waals surface area contributed by atoms with E-state index in [9.17, 15) is 9.13 Å². The van der Waals surface area contributed by atoms with Gasteiger partial charge in [0.1, 0.15) is 11.5 Å². The Kier molecular flexibility index (Phi) is 9.94. The zero-order chi connectivity index (χ0) is 31.2. The van der Waals surface area contributed by atoms with Crippen molar-refractivity contribution in [1.82, 2.24) is 0 Å². The van der Waals surface area contributed by atoms with Gasteiger partial charge in [0.05, 0.1) is 24.6 Å². The predicted molar refractivity (Wildman–Crippen MR) is 182 cm³/mol. The van der Waals surface area contributed by atoms with E-state index >= 15 is 0 Å². The van der Waals surface area contributed by atoms with Crippen LogP contribution in [0.3, 0.4) is 0 Å². The van der Waals surface area contributed by atoms with Crippen molar-refractivity contribution < 1.29 is 18.2 Å². The average Bonchev–Trinajstić information content (AvgIpc) is 2.99. The van der Waals surface area contributed by atoms with E-state index in [1.165, 1.54) is 0 Å². The monoisotopic (exact) mass is 622 g/mol. The molecule has 0 amide bonds. The number of rotatable bonds is 12. The van der Waals surface area contributed by atoms with Gasteiger partial charge in [-0.05, 0) is 74.2 Å². The lowest BCUT2D eigenvalue weighted by molar-refractivity contribution is 0.471. The zero-order valence-corrected chi connectivity index (χ0v) is 27.7. The van der Waals surface area contributed by atoms with Gasteiger partial charge in [0.2, 0.25) is 0 Å². The molecule has 0 fully saturated rings. The summed E-state index contributed by atoms with van der Waals surface area (Å²) in [6.07, 6.45) is 1.28. The Bertz CT molecular complexity index is 1520. The van der Waals surface area contributed by atoms with Gasteiger partial charge in [-0.3, -0.25) is 9.13 Å². The molecule has 0 aliphatic carbocycles. The van der Waals surface area contributed by atoms with Crippen LogP contribution in [0.15, 0.2) is 121 Å². The van der Waals surface area contributed by atoms with Crippen molar-refractivity contribution in [3.8, 4) is 11.5 Å². The summed E-state index contributed by atoms with van der Waals surface area (Å²) in [6.45, 7) is 8.15. The summed E-state index contributed by atoms with van der Waals surface area (Å²) < 4.78 is 41.3. The van der Waals surface area contributed by atoms with Crippen LogP contribution in [0.2, 0.25) is 0 Å². The van der Waals surface area contributed by atoms with Gasteiger partial charge in [0, 0.05) is 0 Å². The second kappa shape index (κ2) is 13.9. The van der Waals surface area contributed by atoms with Gasteiger partial charge in [0.25, 0.3) is 14.7 Å². The Morgan fingerprint density at radius 3 is 0.773 bits per heavy atom. The van der Waals surface area contributed by atoms with E-state index in [0.717, 1.165) is 44.5 Å². The molecular weight excluding hydrogens is 582 g/mol. The molecule has 0 saturated carbocycles.